The van der Waals surface area contributed by atoms with Gasteiger partial charge in [-0.2, -0.15) is 5.48 Å². The molecular formula is C20H30N4O3. The zero-order valence-corrected chi connectivity index (χ0v) is 15.9. The third-order valence-corrected chi connectivity index (χ3v) is 5.42. The van der Waals surface area contributed by atoms with E-state index in [1.54, 1.807) is 0 Å². The summed E-state index contributed by atoms with van der Waals surface area (Å²) in [5, 5.41) is 18.8. The van der Waals surface area contributed by atoms with Crippen LogP contribution in [0.15, 0.2) is 24.3 Å². The van der Waals surface area contributed by atoms with Crippen molar-refractivity contribution in [2.45, 2.75) is 64.1 Å². The number of aliphatic hydroxyl groups is 1. The van der Waals surface area contributed by atoms with Crippen molar-refractivity contribution in [3.8, 4) is 0 Å². The van der Waals surface area contributed by atoms with Crippen LogP contribution in [0.5, 0.6) is 0 Å². The molecule has 1 fully saturated rings. The number of amides is 1. The van der Waals surface area contributed by atoms with Gasteiger partial charge in [0.1, 0.15) is 12.1 Å². The number of rotatable bonds is 9. The average Bonchev–Trinajstić information content (AvgIpc) is 3.32. The van der Waals surface area contributed by atoms with E-state index in [0.717, 1.165) is 55.4 Å². The fourth-order valence-electron chi connectivity index (χ4n) is 3.98. The maximum atomic E-state index is 13.3. The van der Waals surface area contributed by atoms with Crippen molar-refractivity contribution >= 4 is 16.9 Å². The molecule has 3 rings (SSSR count). The molecule has 1 aromatic carbocycles. The molecule has 0 spiro atoms. The molecule has 148 valence electrons. The first-order valence-electron chi connectivity index (χ1n) is 9.96. The number of carbonyl (C=O) groups is 1. The van der Waals surface area contributed by atoms with Gasteiger partial charge in [0.25, 0.3) is 0 Å². The summed E-state index contributed by atoms with van der Waals surface area (Å²) in [5.74, 6) is 0.565. The molecule has 1 unspecified atom stereocenters. The number of hydrogen-bond acceptors (Lipinski definition) is 5. The Morgan fingerprint density at radius 1 is 1.41 bits per heavy atom. The minimum atomic E-state index is -1.09. The predicted octanol–water partition coefficient (Wildman–Crippen LogP) is 3.11. The molecule has 0 aliphatic carbocycles. The Morgan fingerprint density at radius 3 is 2.96 bits per heavy atom. The zero-order chi connectivity index (χ0) is 19.2. The standard InChI is InChI=1S/C20H30N4O3/c1-2-3-4-8-14(13-18(25)23-27)20(26)24-12-7-11-17(24)19-21-15-9-5-6-10-16(15)22-19/h5-6,9-10,14,17-18,23,25,27H,2-4,7-8,11-13H2,1H3,(H,21,22)/t14-,17+,18?/m1/s1. The molecule has 7 heteroatoms. The van der Waals surface area contributed by atoms with E-state index in [1.165, 1.54) is 0 Å². The highest BCUT2D eigenvalue weighted by atomic mass is 16.5. The summed E-state index contributed by atoms with van der Waals surface area (Å²) in [5.41, 5.74) is 3.74. The minimum Gasteiger partial charge on any atom is -0.376 e. The summed E-state index contributed by atoms with van der Waals surface area (Å²) in [4.78, 5) is 23.2. The van der Waals surface area contributed by atoms with Gasteiger partial charge in [0.05, 0.1) is 17.1 Å². The molecule has 0 bridgehead atoms. The largest absolute Gasteiger partial charge is 0.376 e. The van der Waals surface area contributed by atoms with Crippen molar-refractivity contribution in [3.63, 3.8) is 0 Å². The van der Waals surface area contributed by atoms with E-state index >= 15 is 0 Å². The van der Waals surface area contributed by atoms with Gasteiger partial charge >= 0.3 is 0 Å². The third-order valence-electron chi connectivity index (χ3n) is 5.42. The first kappa shape index (κ1) is 19.8. The van der Waals surface area contributed by atoms with Crippen molar-refractivity contribution in [3.05, 3.63) is 30.1 Å². The summed E-state index contributed by atoms with van der Waals surface area (Å²) < 4.78 is 0. The summed E-state index contributed by atoms with van der Waals surface area (Å²) in [6.07, 6.45) is 4.73. The maximum Gasteiger partial charge on any atom is 0.226 e. The molecule has 0 radical (unpaired) electrons. The van der Waals surface area contributed by atoms with Crippen LogP contribution in [0.2, 0.25) is 0 Å². The summed E-state index contributed by atoms with van der Waals surface area (Å²) in [6.45, 7) is 2.83. The molecule has 27 heavy (non-hydrogen) atoms. The van der Waals surface area contributed by atoms with Gasteiger partial charge in [0.2, 0.25) is 5.91 Å². The Balaban J connectivity index is 1.76. The molecule has 3 atom stereocenters. The summed E-state index contributed by atoms with van der Waals surface area (Å²) in [7, 11) is 0. The summed E-state index contributed by atoms with van der Waals surface area (Å²) >= 11 is 0. The van der Waals surface area contributed by atoms with Crippen molar-refractivity contribution in [2.75, 3.05) is 6.54 Å². The second-order valence-electron chi connectivity index (χ2n) is 7.40. The van der Waals surface area contributed by atoms with Crippen LogP contribution < -0.4 is 5.48 Å². The van der Waals surface area contributed by atoms with E-state index in [9.17, 15) is 9.90 Å². The monoisotopic (exact) mass is 374 g/mol. The smallest absolute Gasteiger partial charge is 0.226 e. The average molecular weight is 374 g/mol. The Kier molecular flexibility index (Phi) is 6.82. The van der Waals surface area contributed by atoms with Gasteiger partial charge in [-0.15, -0.1) is 0 Å². The first-order chi connectivity index (χ1) is 13.1. The fraction of sp³-hybridized carbons (Fsp3) is 0.600. The minimum absolute atomic E-state index is 0.0448. The number of imidazole rings is 1. The maximum absolute atomic E-state index is 13.3. The molecule has 1 aliphatic rings. The molecule has 1 aromatic heterocycles. The number of likely N-dealkylation sites (tertiary alicyclic amines) is 1. The molecule has 1 aliphatic heterocycles. The lowest BCUT2D eigenvalue weighted by Crippen LogP contribution is -2.39. The Hall–Kier alpha value is -1.96. The number of unbranched alkanes of at least 4 members (excludes halogenated alkanes) is 2. The van der Waals surface area contributed by atoms with Crippen LogP contribution in [0, 0.1) is 5.92 Å². The quantitative estimate of drug-likeness (QED) is 0.307. The van der Waals surface area contributed by atoms with Crippen LogP contribution in [-0.2, 0) is 4.79 Å². The molecule has 4 N–H and O–H groups in total. The van der Waals surface area contributed by atoms with Gasteiger partial charge < -0.3 is 20.2 Å². The van der Waals surface area contributed by atoms with Crippen LogP contribution in [0.4, 0.5) is 0 Å². The number of nitrogens with zero attached hydrogens (tertiary/aromatic N) is 2. The van der Waals surface area contributed by atoms with Crippen LogP contribution in [-0.4, -0.2) is 43.9 Å². The highest BCUT2D eigenvalue weighted by Crippen LogP contribution is 2.34. The van der Waals surface area contributed by atoms with Crippen molar-refractivity contribution < 1.29 is 15.1 Å². The van der Waals surface area contributed by atoms with Gasteiger partial charge in [0, 0.05) is 18.9 Å². The number of para-hydroxylation sites is 2. The third kappa shape index (κ3) is 4.66. The zero-order valence-electron chi connectivity index (χ0n) is 15.9. The highest BCUT2D eigenvalue weighted by molar-refractivity contribution is 5.80. The van der Waals surface area contributed by atoms with E-state index in [1.807, 2.05) is 34.6 Å². The number of aromatic nitrogens is 2. The Labute approximate surface area is 159 Å². The van der Waals surface area contributed by atoms with E-state index in [2.05, 4.69) is 16.9 Å². The topological polar surface area (TPSA) is 101 Å². The van der Waals surface area contributed by atoms with E-state index < -0.39 is 6.23 Å². The molecular weight excluding hydrogens is 344 g/mol. The Morgan fingerprint density at radius 2 is 2.22 bits per heavy atom. The van der Waals surface area contributed by atoms with Crippen LogP contribution in [0.25, 0.3) is 11.0 Å². The molecule has 7 nitrogen and oxygen atoms in total. The molecule has 1 saturated heterocycles. The van der Waals surface area contributed by atoms with Gasteiger partial charge in [-0.3, -0.25) is 4.79 Å². The molecule has 2 heterocycles. The van der Waals surface area contributed by atoms with Crippen molar-refractivity contribution in [1.82, 2.24) is 20.3 Å². The number of hydroxylamine groups is 1. The predicted molar refractivity (Wildman–Crippen MR) is 103 cm³/mol. The second kappa shape index (κ2) is 9.30. The number of hydrogen-bond donors (Lipinski definition) is 4. The van der Waals surface area contributed by atoms with Gasteiger partial charge in [0.15, 0.2) is 0 Å². The normalized spacial score (nSPS) is 19.5. The lowest BCUT2D eigenvalue weighted by atomic mass is 9.95. The van der Waals surface area contributed by atoms with Crippen LogP contribution >= 0.6 is 0 Å². The van der Waals surface area contributed by atoms with E-state index in [0.29, 0.717) is 6.54 Å². The first-order valence-corrected chi connectivity index (χ1v) is 9.96. The van der Waals surface area contributed by atoms with Crippen molar-refractivity contribution in [1.29, 1.82) is 0 Å². The number of H-pyrrole nitrogens is 1. The highest BCUT2D eigenvalue weighted by Gasteiger charge is 2.36. The van der Waals surface area contributed by atoms with Crippen LogP contribution in [0.1, 0.15) is 63.7 Å². The number of nitrogens with one attached hydrogen (secondary N) is 2. The van der Waals surface area contributed by atoms with Gasteiger partial charge in [-0.1, -0.05) is 38.3 Å². The number of benzene rings is 1. The molecule has 2 aromatic rings. The van der Waals surface area contributed by atoms with Crippen molar-refractivity contribution in [2.24, 2.45) is 5.92 Å². The Bertz CT molecular complexity index is 715. The molecule has 1 amide bonds. The lowest BCUT2D eigenvalue weighted by molar-refractivity contribution is -0.139. The van der Waals surface area contributed by atoms with Gasteiger partial charge in [-0.25, -0.2) is 4.98 Å². The number of aliphatic hydroxyl groups excluding tert-OH is 1. The van der Waals surface area contributed by atoms with Crippen LogP contribution in [0.3, 0.4) is 0 Å². The SMILES string of the molecule is CCCCC[C@H](CC(O)NO)C(=O)N1CCC[C@H]1c1nc2ccccc2[nH]1. The number of fused-ring (bicyclic) bond motifs is 1. The molecule has 0 saturated carbocycles. The van der Waals surface area contributed by atoms with E-state index in [-0.39, 0.29) is 24.3 Å². The number of aromatic amines is 1. The second-order valence-corrected chi connectivity index (χ2v) is 7.40. The van der Waals surface area contributed by atoms with Gasteiger partial charge in [-0.05, 0) is 31.4 Å². The lowest BCUT2D eigenvalue weighted by Gasteiger charge is -2.29. The van der Waals surface area contributed by atoms with E-state index in [4.69, 9.17) is 5.21 Å². The fourth-order valence-corrected chi connectivity index (χ4v) is 3.98. The number of carbonyl (C=O) groups excluding carboxylic acids is 1. The summed E-state index contributed by atoms with van der Waals surface area (Å²) in [6, 6.07) is 7.82.